The number of anilines is 1. The lowest BCUT2D eigenvalue weighted by Gasteiger charge is -2.06. The van der Waals surface area contributed by atoms with Gasteiger partial charge >= 0.3 is 0 Å². The van der Waals surface area contributed by atoms with Gasteiger partial charge in [-0.1, -0.05) is 0 Å². The zero-order valence-corrected chi connectivity index (χ0v) is 11.9. The molecule has 92 valence electrons. The van der Waals surface area contributed by atoms with Crippen LogP contribution in [-0.4, -0.2) is 5.91 Å². The minimum atomic E-state index is -0.354. The molecule has 0 aliphatic heterocycles. The van der Waals surface area contributed by atoms with E-state index in [2.05, 4.69) is 27.9 Å². The van der Waals surface area contributed by atoms with Crippen molar-refractivity contribution in [3.05, 3.63) is 63.0 Å². The Hall–Kier alpha value is -1.43. The van der Waals surface area contributed by atoms with Crippen molar-refractivity contribution < 1.29 is 9.18 Å². The molecular formula is C14H11FINO. The molecule has 2 rings (SSSR count). The molecule has 18 heavy (non-hydrogen) atoms. The molecule has 0 radical (unpaired) electrons. The van der Waals surface area contributed by atoms with Gasteiger partial charge in [-0.25, -0.2) is 4.39 Å². The smallest absolute Gasteiger partial charge is 0.255 e. The molecule has 0 aliphatic carbocycles. The first-order chi connectivity index (χ1) is 8.54. The number of carbonyl (C=O) groups is 1. The molecule has 0 aliphatic rings. The van der Waals surface area contributed by atoms with Gasteiger partial charge < -0.3 is 5.32 Å². The second kappa shape index (κ2) is 5.48. The monoisotopic (exact) mass is 355 g/mol. The Labute approximate surface area is 118 Å². The molecule has 2 nitrogen and oxygen atoms in total. The van der Waals surface area contributed by atoms with Gasteiger partial charge in [-0.05, 0) is 77.5 Å². The van der Waals surface area contributed by atoms with Crippen LogP contribution < -0.4 is 5.32 Å². The van der Waals surface area contributed by atoms with E-state index in [0.29, 0.717) is 11.3 Å². The highest BCUT2D eigenvalue weighted by Crippen LogP contribution is 2.15. The molecule has 2 aromatic rings. The van der Waals surface area contributed by atoms with Crippen molar-refractivity contribution in [2.45, 2.75) is 6.92 Å². The fraction of sp³-hybridized carbons (Fsp3) is 0.0714. The van der Waals surface area contributed by atoms with E-state index >= 15 is 0 Å². The summed E-state index contributed by atoms with van der Waals surface area (Å²) in [7, 11) is 0. The summed E-state index contributed by atoms with van der Waals surface area (Å²) in [6.45, 7) is 1.78. The highest BCUT2D eigenvalue weighted by Gasteiger charge is 2.06. The molecule has 0 saturated carbocycles. The number of halogens is 2. The first kappa shape index (κ1) is 13.0. The van der Waals surface area contributed by atoms with E-state index in [4.69, 9.17) is 0 Å². The number of hydrogen-bond donors (Lipinski definition) is 1. The molecule has 2 aromatic carbocycles. The third-order valence-corrected chi connectivity index (χ3v) is 3.13. The molecular weight excluding hydrogens is 344 g/mol. The number of aryl methyl sites for hydroxylation is 1. The number of hydrogen-bond acceptors (Lipinski definition) is 1. The van der Waals surface area contributed by atoms with E-state index in [1.165, 1.54) is 12.1 Å². The first-order valence-corrected chi connectivity index (χ1v) is 6.46. The molecule has 0 heterocycles. The second-order valence-corrected chi connectivity index (χ2v) is 5.22. The highest BCUT2D eigenvalue weighted by molar-refractivity contribution is 14.1. The van der Waals surface area contributed by atoms with Crippen molar-refractivity contribution in [1.29, 1.82) is 0 Å². The van der Waals surface area contributed by atoms with Crippen LogP contribution in [0.15, 0.2) is 42.5 Å². The van der Waals surface area contributed by atoms with Gasteiger partial charge in [-0.15, -0.1) is 0 Å². The lowest BCUT2D eigenvalue weighted by atomic mass is 10.2. The van der Waals surface area contributed by atoms with Crippen molar-refractivity contribution in [3.63, 3.8) is 0 Å². The fourth-order valence-electron chi connectivity index (χ4n) is 1.61. The average Bonchev–Trinajstić information content (AvgIpc) is 2.28. The predicted octanol–water partition coefficient (Wildman–Crippen LogP) is 3.99. The Bertz CT molecular complexity index is 561. The van der Waals surface area contributed by atoms with E-state index in [9.17, 15) is 9.18 Å². The highest BCUT2D eigenvalue weighted by atomic mass is 127. The van der Waals surface area contributed by atoms with Crippen molar-refractivity contribution >= 4 is 34.2 Å². The van der Waals surface area contributed by atoms with Gasteiger partial charge in [0, 0.05) is 14.8 Å². The molecule has 0 unspecified atom stereocenters. The van der Waals surface area contributed by atoms with Crippen LogP contribution in [0.5, 0.6) is 0 Å². The van der Waals surface area contributed by atoms with Crippen molar-refractivity contribution in [2.75, 3.05) is 5.32 Å². The van der Waals surface area contributed by atoms with Crippen molar-refractivity contribution in [1.82, 2.24) is 0 Å². The van der Waals surface area contributed by atoms with Crippen LogP contribution in [0.4, 0.5) is 10.1 Å². The first-order valence-electron chi connectivity index (χ1n) is 5.39. The molecule has 0 atom stereocenters. The maximum absolute atomic E-state index is 13.2. The summed E-state index contributed by atoms with van der Waals surface area (Å²) in [5.74, 6) is -0.593. The summed E-state index contributed by atoms with van der Waals surface area (Å²) in [5, 5.41) is 2.68. The number of rotatable bonds is 2. The minimum Gasteiger partial charge on any atom is -0.322 e. The van der Waals surface area contributed by atoms with E-state index < -0.39 is 0 Å². The fourth-order valence-corrected chi connectivity index (χ4v) is 1.97. The summed E-state index contributed by atoms with van der Waals surface area (Å²) in [5.41, 5.74) is 1.79. The summed E-state index contributed by atoms with van der Waals surface area (Å²) >= 11 is 2.17. The Kier molecular flexibility index (Phi) is 3.96. The third kappa shape index (κ3) is 3.29. The average molecular weight is 355 g/mol. The van der Waals surface area contributed by atoms with Crippen LogP contribution >= 0.6 is 22.6 Å². The summed E-state index contributed by atoms with van der Waals surface area (Å²) in [4.78, 5) is 11.9. The maximum atomic E-state index is 13.2. The Morgan fingerprint density at radius 2 is 1.83 bits per heavy atom. The largest absolute Gasteiger partial charge is 0.322 e. The topological polar surface area (TPSA) is 29.1 Å². The molecule has 0 aromatic heterocycles. The molecule has 0 spiro atoms. The zero-order valence-electron chi connectivity index (χ0n) is 9.71. The van der Waals surface area contributed by atoms with Crippen LogP contribution in [0.3, 0.4) is 0 Å². The Morgan fingerprint density at radius 3 is 2.44 bits per heavy atom. The summed E-state index contributed by atoms with van der Waals surface area (Å²) < 4.78 is 14.2. The van der Waals surface area contributed by atoms with E-state index in [-0.39, 0.29) is 11.7 Å². The molecule has 0 fully saturated rings. The van der Waals surface area contributed by atoms with E-state index in [1.54, 1.807) is 25.1 Å². The van der Waals surface area contributed by atoms with Crippen LogP contribution in [-0.2, 0) is 0 Å². The van der Waals surface area contributed by atoms with Crippen LogP contribution in [0.25, 0.3) is 0 Å². The van der Waals surface area contributed by atoms with Crippen LogP contribution in [0.1, 0.15) is 15.9 Å². The standard InChI is InChI=1S/C14H11FINO/c1-9-6-11(15)8-13(7-9)17-14(18)10-2-4-12(16)5-3-10/h2-8H,1H3,(H,17,18). The van der Waals surface area contributed by atoms with Crippen molar-refractivity contribution in [2.24, 2.45) is 0 Å². The zero-order chi connectivity index (χ0) is 13.1. The molecule has 0 saturated heterocycles. The number of amides is 1. The number of nitrogens with one attached hydrogen (secondary N) is 1. The van der Waals surface area contributed by atoms with Gasteiger partial charge in [-0.3, -0.25) is 4.79 Å². The van der Waals surface area contributed by atoms with E-state index in [1.807, 2.05) is 12.1 Å². The predicted molar refractivity (Wildman–Crippen MR) is 78.2 cm³/mol. The SMILES string of the molecule is Cc1cc(F)cc(NC(=O)c2ccc(I)cc2)c1. The Balaban J connectivity index is 2.18. The minimum absolute atomic E-state index is 0.239. The van der Waals surface area contributed by atoms with Crippen LogP contribution in [0, 0.1) is 16.3 Å². The number of benzene rings is 2. The van der Waals surface area contributed by atoms with Gasteiger partial charge in [0.05, 0.1) is 0 Å². The van der Waals surface area contributed by atoms with Crippen molar-refractivity contribution in [3.8, 4) is 0 Å². The molecule has 1 amide bonds. The third-order valence-electron chi connectivity index (χ3n) is 2.41. The van der Waals surface area contributed by atoms with Gasteiger partial charge in [0.1, 0.15) is 5.82 Å². The number of carbonyl (C=O) groups excluding carboxylic acids is 1. The van der Waals surface area contributed by atoms with E-state index in [0.717, 1.165) is 9.13 Å². The summed E-state index contributed by atoms with van der Waals surface area (Å²) in [6, 6.07) is 11.6. The van der Waals surface area contributed by atoms with Gasteiger partial charge in [0.25, 0.3) is 5.91 Å². The van der Waals surface area contributed by atoms with Crippen LogP contribution in [0.2, 0.25) is 0 Å². The summed E-state index contributed by atoms with van der Waals surface area (Å²) in [6.07, 6.45) is 0. The van der Waals surface area contributed by atoms with Gasteiger partial charge in [0.2, 0.25) is 0 Å². The second-order valence-electron chi connectivity index (χ2n) is 3.98. The Morgan fingerprint density at radius 1 is 1.17 bits per heavy atom. The maximum Gasteiger partial charge on any atom is 0.255 e. The lowest BCUT2D eigenvalue weighted by molar-refractivity contribution is 0.102. The quantitative estimate of drug-likeness (QED) is 0.811. The normalized spacial score (nSPS) is 10.2. The van der Waals surface area contributed by atoms with Gasteiger partial charge in [-0.2, -0.15) is 0 Å². The molecule has 4 heteroatoms. The molecule has 0 bridgehead atoms. The lowest BCUT2D eigenvalue weighted by Crippen LogP contribution is -2.12. The molecule has 1 N–H and O–H groups in total. The van der Waals surface area contributed by atoms with Gasteiger partial charge in [0.15, 0.2) is 0 Å².